The molecular formula is C20H17N5O. The molecule has 4 rings (SSSR count). The first-order valence-electron chi connectivity index (χ1n) is 8.21. The topological polar surface area (TPSA) is 87.9 Å². The van der Waals surface area contributed by atoms with Crippen LogP contribution < -0.4 is 5.73 Å². The monoisotopic (exact) mass is 343 g/mol. The van der Waals surface area contributed by atoms with Crippen molar-refractivity contribution in [3.63, 3.8) is 0 Å². The fourth-order valence-corrected chi connectivity index (χ4v) is 3.51. The number of nitrogen functional groups attached to an aromatic ring is 1. The molecule has 0 saturated carbocycles. The summed E-state index contributed by atoms with van der Waals surface area (Å²) in [6.07, 6.45) is 0. The van der Waals surface area contributed by atoms with E-state index in [1.54, 1.807) is 9.58 Å². The van der Waals surface area contributed by atoms with Gasteiger partial charge in [-0.25, -0.2) is 0 Å². The van der Waals surface area contributed by atoms with Crippen molar-refractivity contribution in [3.8, 4) is 17.2 Å². The van der Waals surface area contributed by atoms with Crippen LogP contribution in [0.25, 0.3) is 22.0 Å². The van der Waals surface area contributed by atoms with Crippen LogP contribution in [0.4, 0.5) is 5.82 Å². The third-order valence-corrected chi connectivity index (χ3v) is 4.77. The van der Waals surface area contributed by atoms with Gasteiger partial charge in [-0.1, -0.05) is 24.8 Å². The van der Waals surface area contributed by atoms with Crippen molar-refractivity contribution in [2.24, 2.45) is 7.05 Å². The summed E-state index contributed by atoms with van der Waals surface area (Å²) in [5.41, 5.74) is 10.9. The molecule has 0 aliphatic carbocycles. The van der Waals surface area contributed by atoms with Crippen molar-refractivity contribution in [2.75, 3.05) is 12.3 Å². The molecule has 1 aromatic heterocycles. The van der Waals surface area contributed by atoms with E-state index in [0.717, 1.165) is 27.6 Å². The molecule has 0 spiro atoms. The van der Waals surface area contributed by atoms with Crippen molar-refractivity contribution >= 4 is 22.6 Å². The van der Waals surface area contributed by atoms with Crippen LogP contribution in [-0.4, -0.2) is 27.1 Å². The summed E-state index contributed by atoms with van der Waals surface area (Å²) in [6, 6.07) is 13.7. The minimum absolute atomic E-state index is 0.0656. The average molecular weight is 343 g/mol. The van der Waals surface area contributed by atoms with Crippen LogP contribution in [0.2, 0.25) is 0 Å². The van der Waals surface area contributed by atoms with Crippen molar-refractivity contribution in [1.82, 2.24) is 14.7 Å². The van der Waals surface area contributed by atoms with Gasteiger partial charge in [0.15, 0.2) is 5.82 Å². The summed E-state index contributed by atoms with van der Waals surface area (Å²) in [4.78, 5) is 14.3. The Morgan fingerprint density at radius 3 is 2.88 bits per heavy atom. The predicted molar refractivity (Wildman–Crippen MR) is 100 cm³/mol. The number of anilines is 1. The zero-order chi connectivity index (χ0) is 18.4. The number of amides is 1. The number of benzene rings is 2. The Labute approximate surface area is 150 Å². The number of nitrogens with two attached hydrogens (primary N) is 1. The highest BCUT2D eigenvalue weighted by molar-refractivity contribution is 6.01. The number of carbonyl (C=O) groups excluding carboxylic acids is 1. The van der Waals surface area contributed by atoms with Crippen molar-refractivity contribution < 1.29 is 4.79 Å². The van der Waals surface area contributed by atoms with Crippen LogP contribution in [0.1, 0.15) is 15.9 Å². The Balaban J connectivity index is 1.80. The maximum Gasteiger partial charge on any atom is 0.254 e. The molecule has 2 heterocycles. The lowest BCUT2D eigenvalue weighted by atomic mass is 9.96. The van der Waals surface area contributed by atoms with E-state index in [9.17, 15) is 4.79 Å². The lowest BCUT2D eigenvalue weighted by Crippen LogP contribution is -2.25. The minimum Gasteiger partial charge on any atom is -0.382 e. The molecule has 3 aromatic rings. The molecule has 6 heteroatoms. The third-order valence-electron chi connectivity index (χ3n) is 4.77. The molecule has 1 amide bonds. The second-order valence-electron chi connectivity index (χ2n) is 6.45. The van der Waals surface area contributed by atoms with Gasteiger partial charge < -0.3 is 10.6 Å². The van der Waals surface area contributed by atoms with Gasteiger partial charge in [0.05, 0.1) is 18.1 Å². The molecule has 0 saturated heterocycles. The molecule has 0 atom stereocenters. The zero-order valence-corrected chi connectivity index (χ0v) is 14.4. The molecule has 0 unspecified atom stereocenters. The summed E-state index contributed by atoms with van der Waals surface area (Å²) in [5, 5.41) is 14.1. The predicted octanol–water partition coefficient (Wildman–Crippen LogP) is 2.86. The lowest BCUT2D eigenvalue weighted by molar-refractivity contribution is 0.0794. The average Bonchev–Trinajstić information content (AvgIpc) is 3.11. The molecule has 0 bridgehead atoms. The smallest absolute Gasteiger partial charge is 0.254 e. The van der Waals surface area contributed by atoms with Gasteiger partial charge in [-0.3, -0.25) is 9.48 Å². The summed E-state index contributed by atoms with van der Waals surface area (Å²) in [6.45, 7) is 4.40. The van der Waals surface area contributed by atoms with Crippen LogP contribution in [0.15, 0.2) is 48.6 Å². The second-order valence-corrected chi connectivity index (χ2v) is 6.45. The molecule has 6 nitrogen and oxygen atoms in total. The maximum atomic E-state index is 12.6. The van der Waals surface area contributed by atoms with Gasteiger partial charge in [-0.15, -0.1) is 0 Å². The van der Waals surface area contributed by atoms with Gasteiger partial charge in [0.1, 0.15) is 0 Å². The van der Waals surface area contributed by atoms with Gasteiger partial charge >= 0.3 is 0 Å². The van der Waals surface area contributed by atoms with E-state index in [-0.39, 0.29) is 12.5 Å². The van der Waals surface area contributed by atoms with Gasteiger partial charge in [0.25, 0.3) is 5.91 Å². The number of rotatable bonds is 3. The minimum atomic E-state index is -0.0656. The summed E-state index contributed by atoms with van der Waals surface area (Å²) in [5.74, 6) is 0.438. The molecule has 0 radical (unpaired) electrons. The van der Waals surface area contributed by atoms with E-state index in [1.165, 1.54) is 0 Å². The Morgan fingerprint density at radius 2 is 2.12 bits per heavy atom. The van der Waals surface area contributed by atoms with Gasteiger partial charge in [0, 0.05) is 30.1 Å². The first-order valence-corrected chi connectivity index (χ1v) is 8.21. The Kier molecular flexibility index (Phi) is 3.51. The molecule has 2 N–H and O–H groups in total. The van der Waals surface area contributed by atoms with Crippen molar-refractivity contribution in [2.45, 2.75) is 6.54 Å². The van der Waals surface area contributed by atoms with Crippen LogP contribution in [0, 0.1) is 11.3 Å². The summed E-state index contributed by atoms with van der Waals surface area (Å²) < 4.78 is 1.76. The fraction of sp³-hybridized carbons (Fsp3) is 0.150. The highest BCUT2D eigenvalue weighted by Crippen LogP contribution is 2.34. The summed E-state index contributed by atoms with van der Waals surface area (Å²) >= 11 is 0. The number of hydrogen-bond acceptors (Lipinski definition) is 4. The van der Waals surface area contributed by atoms with Crippen LogP contribution in [-0.2, 0) is 13.6 Å². The SMILES string of the molecule is C=C(C#N)CN1Cc2c(cccc2-c2ccc3c(N)nn(C)c3c2)C1=O. The summed E-state index contributed by atoms with van der Waals surface area (Å²) in [7, 11) is 1.86. The highest BCUT2D eigenvalue weighted by atomic mass is 16.2. The normalized spacial score (nSPS) is 13.1. The lowest BCUT2D eigenvalue weighted by Gasteiger charge is -2.14. The molecule has 0 fully saturated rings. The van der Waals surface area contributed by atoms with Crippen LogP contribution in [0.5, 0.6) is 0 Å². The number of aromatic nitrogens is 2. The molecule has 1 aliphatic rings. The van der Waals surface area contributed by atoms with Crippen molar-refractivity contribution in [1.29, 1.82) is 5.26 Å². The third kappa shape index (κ3) is 2.33. The standard InChI is InChI=1S/C20H17N5O/c1-12(9-21)10-25-11-17-14(4-3-5-15(17)20(25)26)13-6-7-16-18(8-13)24(2)23-19(16)22/h3-8H,1,10-11H2,2H3,(H2,22,23). The number of nitriles is 1. The Hall–Kier alpha value is -3.59. The maximum absolute atomic E-state index is 12.6. The molecule has 1 aliphatic heterocycles. The molecular weight excluding hydrogens is 326 g/mol. The first kappa shape index (κ1) is 15.9. The van der Waals surface area contributed by atoms with Gasteiger partial charge in [-0.2, -0.15) is 10.4 Å². The molecule has 2 aromatic carbocycles. The number of hydrogen-bond donors (Lipinski definition) is 1. The van der Waals surface area contributed by atoms with Crippen LogP contribution in [0.3, 0.4) is 0 Å². The van der Waals surface area contributed by atoms with Crippen LogP contribution >= 0.6 is 0 Å². The van der Waals surface area contributed by atoms with E-state index in [0.29, 0.717) is 23.5 Å². The first-order chi connectivity index (χ1) is 12.5. The van der Waals surface area contributed by atoms with E-state index >= 15 is 0 Å². The highest BCUT2D eigenvalue weighted by Gasteiger charge is 2.29. The largest absolute Gasteiger partial charge is 0.382 e. The number of fused-ring (bicyclic) bond motifs is 2. The fourth-order valence-electron chi connectivity index (χ4n) is 3.51. The molecule has 26 heavy (non-hydrogen) atoms. The van der Waals surface area contributed by atoms with Gasteiger partial charge in [0.2, 0.25) is 0 Å². The van der Waals surface area contributed by atoms with E-state index in [2.05, 4.69) is 11.7 Å². The number of aryl methyl sites for hydroxylation is 1. The van der Waals surface area contributed by atoms with E-state index in [1.807, 2.05) is 49.5 Å². The quantitative estimate of drug-likeness (QED) is 0.741. The Bertz CT molecular complexity index is 1120. The van der Waals surface area contributed by atoms with E-state index < -0.39 is 0 Å². The zero-order valence-electron chi connectivity index (χ0n) is 14.4. The molecule has 128 valence electrons. The van der Waals surface area contributed by atoms with Crippen molar-refractivity contribution in [3.05, 3.63) is 59.7 Å². The van der Waals surface area contributed by atoms with Gasteiger partial charge in [-0.05, 0) is 34.9 Å². The second kappa shape index (κ2) is 5.74. The van der Waals surface area contributed by atoms with E-state index in [4.69, 9.17) is 11.0 Å². The Morgan fingerprint density at radius 1 is 1.35 bits per heavy atom. The number of nitrogens with zero attached hydrogens (tertiary/aromatic N) is 4. The number of carbonyl (C=O) groups is 1.